The van der Waals surface area contributed by atoms with E-state index in [0.717, 1.165) is 0 Å². The molecule has 1 saturated heterocycles. The van der Waals surface area contributed by atoms with Crippen LogP contribution in [0.2, 0.25) is 0 Å². The molecule has 3 heterocycles. The smallest absolute Gasteiger partial charge is 0.324 e. The summed E-state index contributed by atoms with van der Waals surface area (Å²) in [6.45, 7) is -1.58. The van der Waals surface area contributed by atoms with Crippen LogP contribution in [0.5, 0.6) is 0 Å². The fourth-order valence-corrected chi connectivity index (χ4v) is 3.61. The second kappa shape index (κ2) is 6.60. The van der Waals surface area contributed by atoms with Gasteiger partial charge in [-0.3, -0.25) is 9.09 Å². The molecule has 3 rings (SSSR count). The second-order valence-corrected chi connectivity index (χ2v) is 8.17. The maximum absolute atomic E-state index is 10.6. The molecule has 0 radical (unpaired) electrons. The van der Waals surface area contributed by atoms with Crippen LogP contribution >= 0.6 is 6.72 Å². The van der Waals surface area contributed by atoms with Gasteiger partial charge in [-0.2, -0.15) is 0 Å². The van der Waals surface area contributed by atoms with E-state index in [1.54, 1.807) is 4.57 Å². The van der Waals surface area contributed by atoms with Crippen molar-refractivity contribution in [1.82, 2.24) is 19.5 Å². The topological polar surface area (TPSA) is 138 Å². The summed E-state index contributed by atoms with van der Waals surface area (Å²) in [4.78, 5) is 22.1. The van der Waals surface area contributed by atoms with Crippen molar-refractivity contribution >= 4 is 35.5 Å². The van der Waals surface area contributed by atoms with E-state index in [-0.39, 0.29) is 5.82 Å². The molecule has 5 atom stereocenters. The molecule has 0 amide bonds. The zero-order chi connectivity index (χ0) is 17.5. The number of ether oxygens (including phenoxy) is 1. The Balaban J connectivity index is 1.94. The molecule has 4 N–H and O–H groups in total. The standard InChI is InChI=1S/C12H18N5O5PS/c1-3-6-9(22-23(19,24)20-2)8(18)12(21-6)17-5-16-7-10(13)14-4-15-11(7)17/h4-6,8-9,12,18H,3H2,1-2H3,(H,19,24)(H2,13,14,15)/t6-,8?,9+,12-,23?/m1/s1. The molecule has 10 nitrogen and oxygen atoms in total. The van der Waals surface area contributed by atoms with Crippen LogP contribution in [0.25, 0.3) is 11.2 Å². The van der Waals surface area contributed by atoms with Crippen LogP contribution in [0.15, 0.2) is 12.7 Å². The van der Waals surface area contributed by atoms with Crippen LogP contribution in [0.1, 0.15) is 19.6 Å². The molecule has 24 heavy (non-hydrogen) atoms. The molecule has 2 aromatic rings. The number of hydrogen-bond acceptors (Lipinski definition) is 9. The maximum Gasteiger partial charge on any atom is 0.324 e. The Labute approximate surface area is 142 Å². The first-order chi connectivity index (χ1) is 11.4. The molecule has 2 aromatic heterocycles. The number of imidazole rings is 1. The molecule has 2 unspecified atom stereocenters. The molecule has 0 aliphatic carbocycles. The average Bonchev–Trinajstić information content (AvgIpc) is 3.10. The van der Waals surface area contributed by atoms with Gasteiger partial charge in [-0.1, -0.05) is 6.92 Å². The number of nitrogens with zero attached hydrogens (tertiary/aromatic N) is 4. The van der Waals surface area contributed by atoms with Gasteiger partial charge in [0.15, 0.2) is 17.7 Å². The summed E-state index contributed by atoms with van der Waals surface area (Å²) in [5.41, 5.74) is 6.61. The number of nitrogens with two attached hydrogens (primary N) is 1. The van der Waals surface area contributed by atoms with E-state index in [9.17, 15) is 10.00 Å². The molecule has 0 saturated carbocycles. The van der Waals surface area contributed by atoms with E-state index in [4.69, 9.17) is 31.3 Å². The highest BCUT2D eigenvalue weighted by atomic mass is 32.5. The largest absolute Gasteiger partial charge is 0.386 e. The molecular formula is C12H18N5O5PS. The first kappa shape index (κ1) is 17.6. The highest BCUT2D eigenvalue weighted by Crippen LogP contribution is 2.48. The highest BCUT2D eigenvalue weighted by Gasteiger charge is 2.47. The van der Waals surface area contributed by atoms with Crippen molar-refractivity contribution in [1.29, 1.82) is 0 Å². The van der Waals surface area contributed by atoms with Gasteiger partial charge in [0.1, 0.15) is 24.1 Å². The number of rotatable bonds is 5. The van der Waals surface area contributed by atoms with Crippen LogP contribution < -0.4 is 5.73 Å². The van der Waals surface area contributed by atoms with Crippen LogP contribution in [0.3, 0.4) is 0 Å². The first-order valence-electron chi connectivity index (χ1n) is 7.21. The predicted molar refractivity (Wildman–Crippen MR) is 88.3 cm³/mol. The minimum Gasteiger partial charge on any atom is -0.386 e. The number of fused-ring (bicyclic) bond motifs is 1. The normalized spacial score (nSPS) is 29.8. The van der Waals surface area contributed by atoms with Crippen molar-refractivity contribution in [2.75, 3.05) is 12.8 Å². The van der Waals surface area contributed by atoms with Gasteiger partial charge < -0.3 is 25.0 Å². The zero-order valence-corrected chi connectivity index (χ0v) is 14.7. The Hall–Kier alpha value is -1.20. The van der Waals surface area contributed by atoms with E-state index in [1.165, 1.54) is 19.8 Å². The van der Waals surface area contributed by atoms with Gasteiger partial charge in [0, 0.05) is 7.11 Å². The van der Waals surface area contributed by atoms with Crippen molar-refractivity contribution in [2.24, 2.45) is 0 Å². The van der Waals surface area contributed by atoms with E-state index < -0.39 is 31.3 Å². The van der Waals surface area contributed by atoms with Gasteiger partial charge in [-0.15, -0.1) is 0 Å². The minimum atomic E-state index is -3.45. The van der Waals surface area contributed by atoms with E-state index in [1.807, 2.05) is 6.92 Å². The summed E-state index contributed by atoms with van der Waals surface area (Å²) >= 11 is 4.87. The molecule has 1 aliphatic rings. The number of aromatic nitrogens is 4. The van der Waals surface area contributed by atoms with Gasteiger partial charge in [0.05, 0.1) is 12.4 Å². The summed E-state index contributed by atoms with van der Waals surface area (Å²) in [6.07, 6.45) is 0.0735. The van der Waals surface area contributed by atoms with Gasteiger partial charge in [-0.05, 0) is 18.2 Å². The third-order valence-corrected chi connectivity index (χ3v) is 5.54. The monoisotopic (exact) mass is 375 g/mol. The zero-order valence-electron chi connectivity index (χ0n) is 13.0. The quantitative estimate of drug-likeness (QED) is 0.627. The van der Waals surface area contributed by atoms with Crippen molar-refractivity contribution in [2.45, 2.75) is 37.9 Å². The average molecular weight is 375 g/mol. The summed E-state index contributed by atoms with van der Waals surface area (Å²) < 4.78 is 17.6. The first-order valence-corrected chi connectivity index (χ1v) is 9.80. The summed E-state index contributed by atoms with van der Waals surface area (Å²) in [5, 5.41) is 10.6. The Bertz CT molecular complexity index is 788. The van der Waals surface area contributed by atoms with E-state index in [0.29, 0.717) is 17.6 Å². The Morgan fingerprint density at radius 3 is 2.88 bits per heavy atom. The second-order valence-electron chi connectivity index (χ2n) is 5.27. The molecule has 0 aromatic carbocycles. The van der Waals surface area contributed by atoms with Crippen molar-refractivity contribution in [3.8, 4) is 0 Å². The van der Waals surface area contributed by atoms with Crippen molar-refractivity contribution < 1.29 is 23.8 Å². The number of aliphatic hydroxyl groups is 1. The SMILES string of the molecule is CC[C@H]1O[C@@H](n2cnc3c(N)ncnc32)C(O)[C@H]1OP(O)(=S)OC. The fraction of sp³-hybridized carbons (Fsp3) is 0.583. The van der Waals surface area contributed by atoms with Crippen LogP contribution in [-0.4, -0.2) is 54.9 Å². The number of anilines is 1. The molecule has 1 aliphatic heterocycles. The van der Waals surface area contributed by atoms with Gasteiger partial charge in [-0.25, -0.2) is 15.0 Å². The Kier molecular flexibility index (Phi) is 4.85. The predicted octanol–water partition coefficient (Wildman–Crippen LogP) is 0.325. The maximum atomic E-state index is 10.6. The van der Waals surface area contributed by atoms with Gasteiger partial charge in [0.25, 0.3) is 0 Å². The van der Waals surface area contributed by atoms with Crippen LogP contribution in [-0.2, 0) is 25.6 Å². The lowest BCUT2D eigenvalue weighted by Gasteiger charge is -2.23. The molecule has 132 valence electrons. The third-order valence-electron chi connectivity index (χ3n) is 3.86. The van der Waals surface area contributed by atoms with Gasteiger partial charge >= 0.3 is 6.72 Å². The van der Waals surface area contributed by atoms with Crippen molar-refractivity contribution in [3.05, 3.63) is 12.7 Å². The summed E-state index contributed by atoms with van der Waals surface area (Å²) in [7, 11) is 1.25. The molecular weight excluding hydrogens is 357 g/mol. The Morgan fingerprint density at radius 2 is 2.21 bits per heavy atom. The summed E-state index contributed by atoms with van der Waals surface area (Å²) in [6, 6.07) is 0. The summed E-state index contributed by atoms with van der Waals surface area (Å²) in [5.74, 6) is 0.233. The lowest BCUT2D eigenvalue weighted by Crippen LogP contribution is -2.33. The molecule has 12 heteroatoms. The molecule has 0 bridgehead atoms. The van der Waals surface area contributed by atoms with Crippen molar-refractivity contribution in [3.63, 3.8) is 0 Å². The minimum absolute atomic E-state index is 0.233. The molecule has 1 fully saturated rings. The Morgan fingerprint density at radius 1 is 1.46 bits per heavy atom. The lowest BCUT2D eigenvalue weighted by atomic mass is 10.1. The number of aliphatic hydroxyl groups excluding tert-OH is 1. The lowest BCUT2D eigenvalue weighted by molar-refractivity contribution is -0.0355. The number of nitrogen functional groups attached to an aromatic ring is 1. The van der Waals surface area contributed by atoms with Crippen LogP contribution in [0, 0.1) is 0 Å². The third kappa shape index (κ3) is 3.04. The van der Waals surface area contributed by atoms with Crippen LogP contribution in [0.4, 0.5) is 5.82 Å². The van der Waals surface area contributed by atoms with E-state index in [2.05, 4.69) is 15.0 Å². The number of hydrogen-bond donors (Lipinski definition) is 3. The fourth-order valence-electron chi connectivity index (χ4n) is 2.66. The molecule has 0 spiro atoms. The van der Waals surface area contributed by atoms with E-state index >= 15 is 0 Å². The van der Waals surface area contributed by atoms with Gasteiger partial charge in [0.2, 0.25) is 0 Å². The highest BCUT2D eigenvalue weighted by molar-refractivity contribution is 8.07.